The van der Waals surface area contributed by atoms with Crippen molar-refractivity contribution in [3.05, 3.63) is 69.5 Å². The summed E-state index contributed by atoms with van der Waals surface area (Å²) >= 11 is 12.7. The fourth-order valence-electron chi connectivity index (χ4n) is 7.65. The van der Waals surface area contributed by atoms with E-state index < -0.39 is 64.5 Å². The molecule has 224 valence electrons. The zero-order chi connectivity index (χ0) is 31.0. The molecule has 4 aliphatic rings. The number of hydrogen-bond acceptors (Lipinski definition) is 6. The number of phenolic OH excluding ortho intramolecular Hbond substituents is 1. The van der Waals surface area contributed by atoms with Crippen molar-refractivity contribution in [2.75, 3.05) is 11.4 Å². The zero-order valence-corrected chi connectivity index (χ0v) is 24.4. The number of aromatic hydroxyl groups is 1. The van der Waals surface area contributed by atoms with Gasteiger partial charge in [0.1, 0.15) is 11.6 Å². The van der Waals surface area contributed by atoms with Gasteiger partial charge in [-0.2, -0.15) is 0 Å². The van der Waals surface area contributed by atoms with Crippen LogP contribution in [-0.2, 0) is 24.0 Å². The highest BCUT2D eigenvalue weighted by molar-refractivity contribution is 6.32. The summed E-state index contributed by atoms with van der Waals surface area (Å²) in [5.74, 6) is -7.46. The highest BCUT2D eigenvalue weighted by Gasteiger charge is 2.67. The number of carboxylic acids is 1. The Morgan fingerprint density at radius 3 is 2.44 bits per heavy atom. The lowest BCUT2D eigenvalue weighted by Gasteiger charge is -2.49. The largest absolute Gasteiger partial charge is 0.508 e. The number of hydrogen-bond donors (Lipinski definition) is 2. The van der Waals surface area contributed by atoms with Crippen LogP contribution in [0, 0.1) is 34.9 Å². The number of halogens is 3. The van der Waals surface area contributed by atoms with E-state index in [0.717, 1.165) is 15.9 Å². The van der Waals surface area contributed by atoms with Gasteiger partial charge in [-0.1, -0.05) is 40.9 Å². The Kier molecular flexibility index (Phi) is 7.12. The van der Waals surface area contributed by atoms with E-state index in [1.807, 2.05) is 6.08 Å². The number of allylic oxidation sites excluding steroid dienone is 2. The van der Waals surface area contributed by atoms with E-state index in [4.69, 9.17) is 28.3 Å². The number of imide groups is 2. The van der Waals surface area contributed by atoms with Gasteiger partial charge in [0, 0.05) is 23.9 Å². The van der Waals surface area contributed by atoms with Gasteiger partial charge in [0.05, 0.1) is 33.9 Å². The van der Waals surface area contributed by atoms with Crippen molar-refractivity contribution in [2.24, 2.45) is 29.1 Å². The van der Waals surface area contributed by atoms with Crippen LogP contribution >= 0.6 is 23.2 Å². The van der Waals surface area contributed by atoms with E-state index in [-0.39, 0.29) is 59.6 Å². The molecule has 2 saturated heterocycles. The number of carbonyl (C=O) groups excluding carboxylic acids is 4. The van der Waals surface area contributed by atoms with Gasteiger partial charge in [-0.3, -0.25) is 28.9 Å². The van der Waals surface area contributed by atoms with E-state index in [2.05, 4.69) is 0 Å². The molecule has 6 rings (SSSR count). The molecule has 6 atom stereocenters. The van der Waals surface area contributed by atoms with Crippen LogP contribution in [0.1, 0.15) is 44.1 Å². The number of likely N-dealkylation sites (tertiary alicyclic amines) is 1. The number of benzene rings is 2. The predicted molar refractivity (Wildman–Crippen MR) is 153 cm³/mol. The van der Waals surface area contributed by atoms with E-state index in [0.29, 0.717) is 11.1 Å². The van der Waals surface area contributed by atoms with Crippen LogP contribution in [0.25, 0.3) is 0 Å². The number of amides is 4. The maximum Gasteiger partial charge on any atom is 0.303 e. The summed E-state index contributed by atoms with van der Waals surface area (Å²) in [4.78, 5) is 68.7. The number of nitrogens with zero attached hydrogens (tertiary/aromatic N) is 2. The Bertz CT molecular complexity index is 1640. The molecule has 2 aromatic carbocycles. The highest BCUT2D eigenvalue weighted by Crippen LogP contribution is 2.64. The predicted octanol–water partition coefficient (Wildman–Crippen LogP) is 4.93. The number of anilines is 1. The Labute approximate surface area is 255 Å². The molecule has 2 aliphatic carbocycles. The minimum Gasteiger partial charge on any atom is -0.508 e. The summed E-state index contributed by atoms with van der Waals surface area (Å²) < 4.78 is 14.0. The molecule has 6 unspecified atom stereocenters. The van der Waals surface area contributed by atoms with Crippen LogP contribution in [-0.4, -0.2) is 51.3 Å². The van der Waals surface area contributed by atoms with E-state index in [9.17, 15) is 33.5 Å². The Morgan fingerprint density at radius 2 is 1.77 bits per heavy atom. The van der Waals surface area contributed by atoms with Crippen LogP contribution < -0.4 is 4.90 Å². The number of phenols is 1. The third-order valence-electron chi connectivity index (χ3n) is 9.59. The smallest absolute Gasteiger partial charge is 0.303 e. The standard InChI is InChI=1S/C31H27Cl2FN2O7/c1-31-20(28(41)36(30(31)43)14-4-9-23(34)22(33)11-14)13-19-16(26(31)17-6-5-15(37)12-21(17)32)7-8-18-25(19)29(42)35(27(18)40)10-2-3-24(38)39/h4-7,9,11-12,18-20,25-26,37H,2-3,8,10,13H2,1H3,(H,38,39). The van der Waals surface area contributed by atoms with Crippen LogP contribution in [0.2, 0.25) is 10.0 Å². The minimum atomic E-state index is -1.37. The fourth-order valence-corrected chi connectivity index (χ4v) is 8.11. The summed E-state index contributed by atoms with van der Waals surface area (Å²) in [7, 11) is 0. The lowest BCUT2D eigenvalue weighted by atomic mass is 9.51. The summed E-state index contributed by atoms with van der Waals surface area (Å²) in [5.41, 5.74) is -0.0717. The van der Waals surface area contributed by atoms with Crippen molar-refractivity contribution in [3.63, 3.8) is 0 Å². The van der Waals surface area contributed by atoms with Gasteiger partial charge in [-0.25, -0.2) is 9.29 Å². The third kappa shape index (κ3) is 4.37. The maximum atomic E-state index is 14.3. The molecule has 4 amide bonds. The number of carboxylic acid groups (broad SMARTS) is 1. The molecule has 9 nitrogen and oxygen atoms in total. The van der Waals surface area contributed by atoms with Crippen LogP contribution in [0.5, 0.6) is 5.75 Å². The molecule has 3 fully saturated rings. The van der Waals surface area contributed by atoms with E-state index in [1.54, 1.807) is 13.0 Å². The number of aliphatic carboxylic acids is 1. The second-order valence-electron chi connectivity index (χ2n) is 11.8. The average molecular weight is 629 g/mol. The van der Waals surface area contributed by atoms with Crippen LogP contribution in [0.15, 0.2) is 48.0 Å². The Balaban J connectivity index is 1.46. The topological polar surface area (TPSA) is 132 Å². The van der Waals surface area contributed by atoms with Gasteiger partial charge < -0.3 is 10.2 Å². The maximum absolute atomic E-state index is 14.3. The molecule has 2 N–H and O–H groups in total. The molecular formula is C31H27Cl2FN2O7. The lowest BCUT2D eigenvalue weighted by molar-refractivity contribution is -0.142. The fraction of sp³-hybridized carbons (Fsp3) is 0.387. The molecule has 43 heavy (non-hydrogen) atoms. The molecule has 0 aromatic heterocycles. The number of carbonyl (C=O) groups is 5. The molecule has 0 spiro atoms. The SMILES string of the molecule is CC12C(=O)N(c3ccc(F)c(Cl)c3)C(=O)C1CC1C(=CCC3C(=O)N(CCCC(=O)O)C(=O)C31)C2c1ccc(O)cc1Cl. The highest BCUT2D eigenvalue weighted by atomic mass is 35.5. The molecule has 0 radical (unpaired) electrons. The first-order valence-corrected chi connectivity index (χ1v) is 14.7. The van der Waals surface area contributed by atoms with Gasteiger partial charge in [-0.15, -0.1) is 0 Å². The van der Waals surface area contributed by atoms with Crippen molar-refractivity contribution < 1.29 is 38.6 Å². The van der Waals surface area contributed by atoms with Crippen molar-refractivity contribution in [1.82, 2.24) is 4.90 Å². The van der Waals surface area contributed by atoms with Crippen molar-refractivity contribution >= 4 is 58.5 Å². The van der Waals surface area contributed by atoms with Gasteiger partial charge >= 0.3 is 5.97 Å². The summed E-state index contributed by atoms with van der Waals surface area (Å²) in [5, 5.41) is 19.0. The van der Waals surface area contributed by atoms with Crippen LogP contribution in [0.4, 0.5) is 10.1 Å². The summed E-state index contributed by atoms with van der Waals surface area (Å²) in [6, 6.07) is 7.96. The monoisotopic (exact) mass is 628 g/mol. The van der Waals surface area contributed by atoms with Gasteiger partial charge in [0.2, 0.25) is 23.6 Å². The first-order chi connectivity index (χ1) is 20.4. The zero-order valence-electron chi connectivity index (χ0n) is 22.9. The van der Waals surface area contributed by atoms with Crippen molar-refractivity contribution in [1.29, 1.82) is 0 Å². The summed E-state index contributed by atoms with van der Waals surface area (Å²) in [6.07, 6.45) is 2.12. The Hall–Kier alpha value is -3.76. The average Bonchev–Trinajstić information content (AvgIpc) is 3.30. The Morgan fingerprint density at radius 1 is 1.02 bits per heavy atom. The molecular weight excluding hydrogens is 602 g/mol. The first kappa shape index (κ1) is 29.3. The number of fused-ring (bicyclic) bond motifs is 4. The summed E-state index contributed by atoms with van der Waals surface area (Å²) in [6.45, 7) is 1.66. The first-order valence-electron chi connectivity index (χ1n) is 13.9. The van der Waals surface area contributed by atoms with E-state index in [1.165, 1.54) is 24.3 Å². The third-order valence-corrected chi connectivity index (χ3v) is 10.2. The normalized spacial score (nSPS) is 29.9. The molecule has 12 heteroatoms. The second-order valence-corrected chi connectivity index (χ2v) is 12.6. The number of rotatable bonds is 6. The van der Waals surface area contributed by atoms with Gasteiger partial charge in [0.25, 0.3) is 0 Å². The van der Waals surface area contributed by atoms with Crippen molar-refractivity contribution in [2.45, 2.75) is 38.5 Å². The molecule has 0 bridgehead atoms. The molecule has 2 heterocycles. The van der Waals surface area contributed by atoms with Gasteiger partial charge in [-0.05, 0) is 68.0 Å². The molecule has 2 aromatic rings. The minimum absolute atomic E-state index is 0.0239. The lowest BCUT2D eigenvalue weighted by Crippen LogP contribution is -2.49. The van der Waals surface area contributed by atoms with Crippen molar-refractivity contribution in [3.8, 4) is 5.75 Å². The quantitative estimate of drug-likeness (QED) is 0.342. The molecule has 1 saturated carbocycles. The molecule has 2 aliphatic heterocycles. The van der Waals surface area contributed by atoms with E-state index >= 15 is 0 Å². The second kappa shape index (κ2) is 10.4. The van der Waals surface area contributed by atoms with Gasteiger partial charge in [0.15, 0.2) is 0 Å². The van der Waals surface area contributed by atoms with Crippen LogP contribution in [0.3, 0.4) is 0 Å².